The number of hydrogen-bond acceptors (Lipinski definition) is 6. The molecular weight excluding hydrogens is 282 g/mol. The van der Waals surface area contributed by atoms with Crippen molar-refractivity contribution in [1.29, 1.82) is 0 Å². The van der Waals surface area contributed by atoms with E-state index >= 15 is 0 Å². The first kappa shape index (κ1) is 14.9. The van der Waals surface area contributed by atoms with E-state index in [2.05, 4.69) is 10.2 Å². The molecule has 5 nitrogen and oxygen atoms in total. The van der Waals surface area contributed by atoms with Gasteiger partial charge in [-0.25, -0.2) is 0 Å². The lowest BCUT2D eigenvalue weighted by Crippen LogP contribution is -2.17. The summed E-state index contributed by atoms with van der Waals surface area (Å²) >= 11 is 1.51. The zero-order valence-corrected chi connectivity index (χ0v) is 11.2. The highest BCUT2D eigenvalue weighted by atomic mass is 79.9. The van der Waals surface area contributed by atoms with Crippen molar-refractivity contribution in [2.45, 2.75) is 6.42 Å². The molecule has 0 saturated heterocycles. The highest BCUT2D eigenvalue weighted by Gasteiger charge is 2.07. The van der Waals surface area contributed by atoms with Gasteiger partial charge in [0.05, 0.1) is 25.5 Å². The van der Waals surface area contributed by atoms with Crippen molar-refractivity contribution in [2.24, 2.45) is 15.9 Å². The Morgan fingerprint density at radius 3 is 2.73 bits per heavy atom. The summed E-state index contributed by atoms with van der Waals surface area (Å²) in [5.41, 5.74) is 6.48. The molecule has 0 atom stereocenters. The smallest absolute Gasteiger partial charge is 0.180 e. The average Bonchev–Trinajstić information content (AvgIpc) is 2.21. The van der Waals surface area contributed by atoms with Crippen LogP contribution in [0.4, 0.5) is 0 Å². The third kappa shape index (κ3) is 6.88. The number of halogens is 1. The summed E-state index contributed by atoms with van der Waals surface area (Å²) in [6, 6.07) is 0. The fraction of sp³-hybridized carbons (Fsp3) is 0.750. The lowest BCUT2D eigenvalue weighted by atomic mass is 10.3. The Labute approximate surface area is 104 Å². The van der Waals surface area contributed by atoms with E-state index in [0.717, 1.165) is 17.9 Å². The zero-order chi connectivity index (χ0) is 10.2. The van der Waals surface area contributed by atoms with Gasteiger partial charge in [0, 0.05) is 19.3 Å². The van der Waals surface area contributed by atoms with Gasteiger partial charge in [0.1, 0.15) is 0 Å². The van der Waals surface area contributed by atoms with Crippen molar-refractivity contribution in [2.75, 3.05) is 32.7 Å². The van der Waals surface area contributed by atoms with Gasteiger partial charge in [0.2, 0.25) is 0 Å². The second kappa shape index (κ2) is 9.14. The Balaban J connectivity index is 0.00000196. The maximum atomic E-state index is 5.45. The summed E-state index contributed by atoms with van der Waals surface area (Å²) < 4.78 is 10.2. The Morgan fingerprint density at radius 1 is 1.33 bits per heavy atom. The highest BCUT2D eigenvalue weighted by molar-refractivity contribution is 8.93. The largest absolute Gasteiger partial charge is 0.382 e. The van der Waals surface area contributed by atoms with Crippen LogP contribution in [0.25, 0.3) is 0 Å². The van der Waals surface area contributed by atoms with E-state index in [9.17, 15) is 0 Å². The summed E-state index contributed by atoms with van der Waals surface area (Å²) in [6.07, 6.45) is 0.813. The Bertz CT molecular complexity index is 236. The van der Waals surface area contributed by atoms with Gasteiger partial charge >= 0.3 is 0 Å². The van der Waals surface area contributed by atoms with Crippen LogP contribution in [0.5, 0.6) is 0 Å². The fourth-order valence-electron chi connectivity index (χ4n) is 0.891. The molecule has 0 aromatic heterocycles. The Kier molecular flexibility index (Phi) is 9.07. The number of hydrogen-bond donors (Lipinski definition) is 1. The molecule has 0 spiro atoms. The van der Waals surface area contributed by atoms with Crippen LogP contribution in [-0.4, -0.2) is 43.6 Å². The van der Waals surface area contributed by atoms with Crippen molar-refractivity contribution >= 4 is 39.6 Å². The second-order valence-corrected chi connectivity index (χ2v) is 3.74. The molecule has 0 saturated carbocycles. The predicted octanol–water partition coefficient (Wildman–Crippen LogP) is 1.03. The van der Waals surface area contributed by atoms with Crippen molar-refractivity contribution in [3.63, 3.8) is 0 Å². The van der Waals surface area contributed by atoms with Crippen molar-refractivity contribution in [1.82, 2.24) is 0 Å². The van der Waals surface area contributed by atoms with Crippen molar-refractivity contribution < 1.29 is 9.47 Å². The molecule has 88 valence electrons. The molecule has 7 heteroatoms. The zero-order valence-electron chi connectivity index (χ0n) is 8.64. The number of nitrogens with two attached hydrogens (primary N) is 1. The number of thioether (sulfide) groups is 1. The number of nitrogens with zero attached hydrogens (tertiary/aromatic N) is 2. The molecule has 0 bridgehead atoms. The SMILES string of the molecule is Br.COCCOCCC1=NN=C(N)SC1. The Hall–Kier alpha value is -0.110. The molecule has 1 aliphatic rings. The van der Waals surface area contributed by atoms with E-state index in [-0.39, 0.29) is 17.0 Å². The summed E-state index contributed by atoms with van der Waals surface area (Å²) in [7, 11) is 1.66. The first-order valence-electron chi connectivity index (χ1n) is 4.41. The molecule has 1 aliphatic heterocycles. The van der Waals surface area contributed by atoms with Crippen LogP contribution in [-0.2, 0) is 9.47 Å². The molecule has 0 unspecified atom stereocenters. The lowest BCUT2D eigenvalue weighted by molar-refractivity contribution is 0.0743. The van der Waals surface area contributed by atoms with Crippen LogP contribution >= 0.6 is 28.7 Å². The molecule has 0 aliphatic carbocycles. The van der Waals surface area contributed by atoms with Gasteiger partial charge in [-0.3, -0.25) is 0 Å². The molecule has 1 rings (SSSR count). The van der Waals surface area contributed by atoms with Crippen LogP contribution in [0.3, 0.4) is 0 Å². The lowest BCUT2D eigenvalue weighted by Gasteiger charge is -2.08. The molecule has 1 heterocycles. The van der Waals surface area contributed by atoms with Crippen molar-refractivity contribution in [3.05, 3.63) is 0 Å². The summed E-state index contributed by atoms with van der Waals surface area (Å²) in [6.45, 7) is 1.92. The molecule has 0 radical (unpaired) electrons. The van der Waals surface area contributed by atoms with E-state index in [4.69, 9.17) is 15.2 Å². The number of ether oxygens (including phenoxy) is 2. The minimum atomic E-state index is 0. The molecule has 2 N–H and O–H groups in total. The molecule has 0 aromatic rings. The van der Waals surface area contributed by atoms with Gasteiger partial charge in [-0.05, 0) is 0 Å². The van der Waals surface area contributed by atoms with Gasteiger partial charge in [-0.15, -0.1) is 22.1 Å². The number of amidine groups is 1. The van der Waals surface area contributed by atoms with Crippen LogP contribution in [0, 0.1) is 0 Å². The Morgan fingerprint density at radius 2 is 2.13 bits per heavy atom. The highest BCUT2D eigenvalue weighted by Crippen LogP contribution is 2.09. The summed E-state index contributed by atoms with van der Waals surface area (Å²) in [4.78, 5) is 0. The molecule has 0 amide bonds. The minimum Gasteiger partial charge on any atom is -0.382 e. The maximum Gasteiger partial charge on any atom is 0.180 e. The minimum absolute atomic E-state index is 0. The van der Waals surface area contributed by atoms with Gasteiger partial charge in [-0.2, -0.15) is 5.10 Å². The van der Waals surface area contributed by atoms with Gasteiger partial charge in [0.15, 0.2) is 5.17 Å². The van der Waals surface area contributed by atoms with Crippen LogP contribution in [0.2, 0.25) is 0 Å². The van der Waals surface area contributed by atoms with Gasteiger partial charge < -0.3 is 15.2 Å². The fourth-order valence-corrected chi connectivity index (χ4v) is 1.51. The average molecular weight is 298 g/mol. The van der Waals surface area contributed by atoms with E-state index < -0.39 is 0 Å². The van der Waals surface area contributed by atoms with Crippen molar-refractivity contribution in [3.8, 4) is 0 Å². The second-order valence-electron chi connectivity index (χ2n) is 2.75. The van der Waals surface area contributed by atoms with Crippen LogP contribution < -0.4 is 5.73 Å². The molecule has 15 heavy (non-hydrogen) atoms. The first-order chi connectivity index (χ1) is 6.83. The van der Waals surface area contributed by atoms with E-state index in [0.29, 0.717) is 25.0 Å². The van der Waals surface area contributed by atoms with E-state index in [1.54, 1.807) is 7.11 Å². The first-order valence-corrected chi connectivity index (χ1v) is 5.40. The number of rotatable bonds is 6. The van der Waals surface area contributed by atoms with Gasteiger partial charge in [-0.1, -0.05) is 11.8 Å². The molecule has 0 aromatic carbocycles. The molecule has 0 fully saturated rings. The van der Waals surface area contributed by atoms with Crippen LogP contribution in [0.1, 0.15) is 6.42 Å². The maximum absolute atomic E-state index is 5.45. The summed E-state index contributed by atoms with van der Waals surface area (Å²) in [5, 5.41) is 8.30. The van der Waals surface area contributed by atoms with Gasteiger partial charge in [0.25, 0.3) is 0 Å². The van der Waals surface area contributed by atoms with Crippen LogP contribution in [0.15, 0.2) is 10.2 Å². The quantitative estimate of drug-likeness (QED) is 0.744. The monoisotopic (exact) mass is 297 g/mol. The van der Waals surface area contributed by atoms with E-state index in [1.807, 2.05) is 0 Å². The third-order valence-corrected chi connectivity index (χ3v) is 2.50. The normalized spacial score (nSPS) is 15.3. The predicted molar refractivity (Wildman–Crippen MR) is 69.1 cm³/mol. The number of methoxy groups -OCH3 is 1. The standard InChI is InChI=1S/C8H15N3O2S.BrH/c1-12-4-5-13-3-2-7-6-14-8(9)11-10-7;/h2-6H2,1H3,(H2,9,11);1H. The topological polar surface area (TPSA) is 69.2 Å². The summed E-state index contributed by atoms with van der Waals surface area (Å²) in [5.74, 6) is 0.822. The molecular formula is C8H16BrN3O2S. The van der Waals surface area contributed by atoms with E-state index in [1.165, 1.54) is 11.8 Å². The third-order valence-electron chi connectivity index (χ3n) is 1.64.